The summed E-state index contributed by atoms with van der Waals surface area (Å²) in [7, 11) is -3.61. The number of aliphatic carboxylic acids is 1. The van der Waals surface area contributed by atoms with Crippen LogP contribution in [-0.2, 0) is 14.8 Å². The molecule has 0 radical (unpaired) electrons. The highest BCUT2D eigenvalue weighted by atomic mass is 32.2. The molecule has 1 fully saturated rings. The van der Waals surface area contributed by atoms with E-state index >= 15 is 0 Å². The lowest BCUT2D eigenvalue weighted by atomic mass is 10.0. The van der Waals surface area contributed by atoms with Crippen molar-refractivity contribution in [3.63, 3.8) is 0 Å². The molecule has 0 amide bonds. The van der Waals surface area contributed by atoms with Crippen molar-refractivity contribution < 1.29 is 18.3 Å². The van der Waals surface area contributed by atoms with Crippen molar-refractivity contribution in [2.75, 3.05) is 13.1 Å². The second-order valence-electron chi connectivity index (χ2n) is 5.31. The van der Waals surface area contributed by atoms with Crippen molar-refractivity contribution in [3.05, 3.63) is 29.3 Å². The number of aryl methyl sites for hydroxylation is 2. The molecule has 1 aliphatic heterocycles. The summed E-state index contributed by atoms with van der Waals surface area (Å²) in [6, 6.07) is 5.29. The minimum atomic E-state index is -3.61. The van der Waals surface area contributed by atoms with Crippen LogP contribution in [0.15, 0.2) is 23.1 Å². The number of benzene rings is 1. The molecule has 1 aromatic carbocycles. The molecule has 5 nitrogen and oxygen atoms in total. The third kappa shape index (κ3) is 2.86. The maximum atomic E-state index is 12.7. The molecule has 2 rings (SSSR count). The maximum absolute atomic E-state index is 12.7. The number of carbonyl (C=O) groups is 1. The Balaban J connectivity index is 2.35. The number of rotatable bonds is 3. The van der Waals surface area contributed by atoms with Gasteiger partial charge in [-0.2, -0.15) is 4.31 Å². The average molecular weight is 297 g/mol. The molecule has 1 atom stereocenters. The van der Waals surface area contributed by atoms with Gasteiger partial charge in [-0.05, 0) is 43.9 Å². The van der Waals surface area contributed by atoms with Gasteiger partial charge in [0, 0.05) is 13.1 Å². The van der Waals surface area contributed by atoms with E-state index in [0.29, 0.717) is 24.9 Å². The van der Waals surface area contributed by atoms with Gasteiger partial charge in [-0.15, -0.1) is 0 Å². The Morgan fingerprint density at radius 2 is 2.05 bits per heavy atom. The molecule has 1 unspecified atom stereocenters. The van der Waals surface area contributed by atoms with Crippen molar-refractivity contribution in [2.45, 2.75) is 31.6 Å². The largest absolute Gasteiger partial charge is 0.481 e. The first-order valence-corrected chi connectivity index (χ1v) is 8.06. The summed E-state index contributed by atoms with van der Waals surface area (Å²) in [5.74, 6) is -1.53. The summed E-state index contributed by atoms with van der Waals surface area (Å²) < 4.78 is 26.6. The summed E-state index contributed by atoms with van der Waals surface area (Å²) in [4.78, 5) is 11.3. The van der Waals surface area contributed by atoms with Crippen LogP contribution in [0.5, 0.6) is 0 Å². The highest BCUT2D eigenvalue weighted by molar-refractivity contribution is 7.89. The summed E-state index contributed by atoms with van der Waals surface area (Å²) in [5.41, 5.74) is 1.56. The number of hydrogen-bond acceptors (Lipinski definition) is 3. The third-order valence-electron chi connectivity index (χ3n) is 3.69. The van der Waals surface area contributed by atoms with E-state index in [1.807, 2.05) is 13.0 Å². The summed E-state index contributed by atoms with van der Waals surface area (Å²) in [6.45, 7) is 4.05. The monoisotopic (exact) mass is 297 g/mol. The van der Waals surface area contributed by atoms with Crippen LogP contribution in [0.2, 0.25) is 0 Å². The van der Waals surface area contributed by atoms with Gasteiger partial charge in [0.1, 0.15) is 0 Å². The number of carboxylic acids is 1. The van der Waals surface area contributed by atoms with Gasteiger partial charge in [-0.3, -0.25) is 4.79 Å². The van der Waals surface area contributed by atoms with E-state index in [0.717, 1.165) is 5.56 Å². The molecule has 6 heteroatoms. The van der Waals surface area contributed by atoms with Crippen LogP contribution in [0.25, 0.3) is 0 Å². The molecular formula is C14H19NO4S. The van der Waals surface area contributed by atoms with Crippen molar-refractivity contribution in [3.8, 4) is 0 Å². The van der Waals surface area contributed by atoms with Gasteiger partial charge in [0.25, 0.3) is 0 Å². The molecular weight excluding hydrogens is 278 g/mol. The Morgan fingerprint density at radius 1 is 1.35 bits per heavy atom. The first-order valence-electron chi connectivity index (χ1n) is 6.62. The Labute approximate surface area is 119 Å². The Kier molecular flexibility index (Phi) is 4.15. The van der Waals surface area contributed by atoms with Crippen LogP contribution in [0.3, 0.4) is 0 Å². The predicted molar refractivity (Wildman–Crippen MR) is 75.0 cm³/mol. The van der Waals surface area contributed by atoms with Crippen molar-refractivity contribution in [2.24, 2.45) is 5.92 Å². The molecule has 0 spiro atoms. The van der Waals surface area contributed by atoms with Crippen LogP contribution in [0, 0.1) is 19.8 Å². The third-order valence-corrected chi connectivity index (χ3v) is 5.70. The molecule has 1 N–H and O–H groups in total. The normalized spacial score (nSPS) is 20.8. The summed E-state index contributed by atoms with van der Waals surface area (Å²) >= 11 is 0. The lowest BCUT2D eigenvalue weighted by molar-refractivity contribution is -0.142. The second-order valence-corrected chi connectivity index (χ2v) is 7.22. The Morgan fingerprint density at radius 3 is 2.70 bits per heavy atom. The van der Waals surface area contributed by atoms with E-state index in [1.165, 1.54) is 4.31 Å². The zero-order chi connectivity index (χ0) is 14.9. The number of carboxylic acid groups (broad SMARTS) is 1. The highest BCUT2D eigenvalue weighted by Crippen LogP contribution is 2.26. The van der Waals surface area contributed by atoms with Crippen molar-refractivity contribution in [1.82, 2.24) is 4.31 Å². The second kappa shape index (κ2) is 5.54. The first-order chi connectivity index (χ1) is 9.32. The smallest absolute Gasteiger partial charge is 0.307 e. The Hall–Kier alpha value is -1.40. The fourth-order valence-electron chi connectivity index (χ4n) is 2.49. The fraction of sp³-hybridized carbons (Fsp3) is 0.500. The molecule has 1 aromatic rings. The van der Waals surface area contributed by atoms with Gasteiger partial charge in [0.05, 0.1) is 10.8 Å². The maximum Gasteiger partial charge on any atom is 0.307 e. The average Bonchev–Trinajstić information content (AvgIpc) is 2.41. The molecule has 0 saturated carbocycles. The standard InChI is InChI=1S/C14H19NO4S/c1-10-5-6-11(2)13(8-10)20(18,19)15-7-3-4-12(9-15)14(16)17/h5-6,8,12H,3-4,7,9H2,1-2H3,(H,16,17). The van der Waals surface area contributed by atoms with Crippen LogP contribution in [-0.4, -0.2) is 36.9 Å². The number of sulfonamides is 1. The zero-order valence-corrected chi connectivity index (χ0v) is 12.5. The molecule has 0 aromatic heterocycles. The van der Waals surface area contributed by atoms with Gasteiger partial charge in [0.15, 0.2) is 0 Å². The SMILES string of the molecule is Cc1ccc(C)c(S(=O)(=O)N2CCCC(C(=O)O)C2)c1. The van der Waals surface area contributed by atoms with E-state index in [2.05, 4.69) is 0 Å². The van der Waals surface area contributed by atoms with Crippen molar-refractivity contribution in [1.29, 1.82) is 0 Å². The first kappa shape index (κ1) is 15.0. The van der Waals surface area contributed by atoms with Crippen molar-refractivity contribution >= 4 is 16.0 Å². The Bertz CT molecular complexity index is 624. The highest BCUT2D eigenvalue weighted by Gasteiger charge is 2.33. The van der Waals surface area contributed by atoms with Crippen LogP contribution < -0.4 is 0 Å². The molecule has 0 aliphatic carbocycles. The van der Waals surface area contributed by atoms with E-state index < -0.39 is 21.9 Å². The van der Waals surface area contributed by atoms with E-state index in [1.54, 1.807) is 19.1 Å². The van der Waals surface area contributed by atoms with Crippen LogP contribution in [0.4, 0.5) is 0 Å². The van der Waals surface area contributed by atoms with E-state index in [4.69, 9.17) is 5.11 Å². The van der Waals surface area contributed by atoms with E-state index in [9.17, 15) is 13.2 Å². The zero-order valence-electron chi connectivity index (χ0n) is 11.7. The number of piperidine rings is 1. The minimum Gasteiger partial charge on any atom is -0.481 e. The minimum absolute atomic E-state index is 0.0606. The van der Waals surface area contributed by atoms with Gasteiger partial charge in [0.2, 0.25) is 10.0 Å². The lowest BCUT2D eigenvalue weighted by Gasteiger charge is -2.30. The molecule has 0 bridgehead atoms. The predicted octanol–water partition coefficient (Wildman–Crippen LogP) is 1.79. The molecule has 1 heterocycles. The van der Waals surface area contributed by atoms with Crippen LogP contribution in [0.1, 0.15) is 24.0 Å². The number of hydrogen-bond donors (Lipinski definition) is 1. The van der Waals surface area contributed by atoms with Gasteiger partial charge in [-0.25, -0.2) is 8.42 Å². The van der Waals surface area contributed by atoms with Gasteiger partial charge in [-0.1, -0.05) is 12.1 Å². The van der Waals surface area contributed by atoms with Crippen LogP contribution >= 0.6 is 0 Å². The summed E-state index contributed by atoms with van der Waals surface area (Å²) in [5, 5.41) is 9.07. The fourth-order valence-corrected chi connectivity index (χ4v) is 4.32. The quantitative estimate of drug-likeness (QED) is 0.923. The van der Waals surface area contributed by atoms with Gasteiger partial charge >= 0.3 is 5.97 Å². The molecule has 1 saturated heterocycles. The van der Waals surface area contributed by atoms with Gasteiger partial charge < -0.3 is 5.11 Å². The molecule has 110 valence electrons. The topological polar surface area (TPSA) is 74.7 Å². The molecule has 1 aliphatic rings. The number of nitrogens with zero attached hydrogens (tertiary/aromatic N) is 1. The molecule has 20 heavy (non-hydrogen) atoms. The summed E-state index contributed by atoms with van der Waals surface area (Å²) in [6.07, 6.45) is 1.12. The van der Waals surface area contributed by atoms with E-state index in [-0.39, 0.29) is 11.4 Å². The lowest BCUT2D eigenvalue weighted by Crippen LogP contribution is -2.42.